The largest absolute Gasteiger partial charge is 0.339 e. The molecule has 0 unspecified atom stereocenters. The highest BCUT2D eigenvalue weighted by Gasteiger charge is 2.52. The van der Waals surface area contributed by atoms with Gasteiger partial charge < -0.3 is 4.90 Å². The molecule has 1 amide bonds. The molecule has 2 saturated heterocycles. The molecule has 0 radical (unpaired) electrons. The van der Waals surface area contributed by atoms with E-state index in [0.717, 1.165) is 25.8 Å². The van der Waals surface area contributed by atoms with E-state index in [1.165, 1.54) is 18.4 Å². The van der Waals surface area contributed by atoms with E-state index < -0.39 is 0 Å². The van der Waals surface area contributed by atoms with Crippen LogP contribution in [0, 0.1) is 12.8 Å². The van der Waals surface area contributed by atoms with E-state index in [4.69, 9.17) is 0 Å². The van der Waals surface area contributed by atoms with Crippen LogP contribution in [-0.4, -0.2) is 23.4 Å². The van der Waals surface area contributed by atoms with E-state index in [1.54, 1.807) is 11.1 Å². The Morgan fingerprint density at radius 3 is 2.95 bits per heavy atom. The van der Waals surface area contributed by atoms with Crippen LogP contribution in [0.25, 0.3) is 0 Å². The van der Waals surface area contributed by atoms with E-state index in [2.05, 4.69) is 36.9 Å². The number of aryl methyl sites for hydroxylation is 2. The molecule has 0 spiro atoms. The zero-order valence-electron chi connectivity index (χ0n) is 12.5. The van der Waals surface area contributed by atoms with Crippen LogP contribution in [0.5, 0.6) is 0 Å². The van der Waals surface area contributed by atoms with Gasteiger partial charge in [-0.3, -0.25) is 4.79 Å². The molecular weight excluding hydrogens is 246 g/mol. The van der Waals surface area contributed by atoms with Crippen molar-refractivity contribution in [2.24, 2.45) is 5.92 Å². The minimum atomic E-state index is 0.282. The average molecular weight is 269 g/mol. The first-order chi connectivity index (χ1) is 9.61. The molecule has 1 aliphatic carbocycles. The Labute approximate surface area is 121 Å². The van der Waals surface area contributed by atoms with E-state index in [1.807, 2.05) is 0 Å². The van der Waals surface area contributed by atoms with Crippen molar-refractivity contribution in [2.75, 3.05) is 6.54 Å². The first-order valence-corrected chi connectivity index (χ1v) is 8.00. The summed E-state index contributed by atoms with van der Waals surface area (Å²) in [6, 6.07) is 7.29. The summed E-state index contributed by atoms with van der Waals surface area (Å²) in [7, 11) is 0. The second kappa shape index (κ2) is 4.09. The Kier molecular flexibility index (Phi) is 2.55. The maximum atomic E-state index is 12.0. The SMILES string of the molecule is Cc1cccc2c1[C@@]1(C)CCN3C(=O)CC[C@H]3[C@@H]1CC2. The summed E-state index contributed by atoms with van der Waals surface area (Å²) < 4.78 is 0. The number of rotatable bonds is 0. The second-order valence-electron chi connectivity index (χ2n) is 7.11. The normalized spacial score (nSPS) is 35.5. The fourth-order valence-electron chi connectivity index (χ4n) is 5.31. The van der Waals surface area contributed by atoms with E-state index in [9.17, 15) is 4.79 Å². The molecule has 4 rings (SSSR count). The third kappa shape index (κ3) is 1.48. The predicted octanol–water partition coefficient (Wildman–Crippen LogP) is 3.21. The lowest BCUT2D eigenvalue weighted by Crippen LogP contribution is -2.55. The average Bonchev–Trinajstić information content (AvgIpc) is 2.79. The molecule has 0 aromatic heterocycles. The smallest absolute Gasteiger partial charge is 0.222 e. The maximum Gasteiger partial charge on any atom is 0.222 e. The van der Waals surface area contributed by atoms with Gasteiger partial charge in [-0.25, -0.2) is 0 Å². The van der Waals surface area contributed by atoms with Crippen molar-refractivity contribution in [3.63, 3.8) is 0 Å². The van der Waals surface area contributed by atoms with Crippen LogP contribution >= 0.6 is 0 Å². The molecule has 2 heteroatoms. The molecule has 106 valence electrons. The van der Waals surface area contributed by atoms with Crippen molar-refractivity contribution in [3.8, 4) is 0 Å². The van der Waals surface area contributed by atoms with Crippen molar-refractivity contribution in [3.05, 3.63) is 34.9 Å². The molecule has 2 nitrogen and oxygen atoms in total. The van der Waals surface area contributed by atoms with Crippen molar-refractivity contribution >= 4 is 5.91 Å². The molecule has 0 N–H and O–H groups in total. The zero-order valence-corrected chi connectivity index (χ0v) is 12.5. The van der Waals surface area contributed by atoms with E-state index in [-0.39, 0.29) is 5.41 Å². The fraction of sp³-hybridized carbons (Fsp3) is 0.611. The van der Waals surface area contributed by atoms with Gasteiger partial charge in [-0.05, 0) is 60.6 Å². The van der Waals surface area contributed by atoms with Crippen LogP contribution in [0.15, 0.2) is 18.2 Å². The molecule has 2 fully saturated rings. The van der Waals surface area contributed by atoms with Crippen LogP contribution in [0.4, 0.5) is 0 Å². The summed E-state index contributed by atoms with van der Waals surface area (Å²) in [6.45, 7) is 5.69. The Morgan fingerprint density at radius 2 is 2.10 bits per heavy atom. The minimum Gasteiger partial charge on any atom is -0.339 e. The van der Waals surface area contributed by atoms with Crippen LogP contribution in [-0.2, 0) is 16.6 Å². The monoisotopic (exact) mass is 269 g/mol. The standard InChI is InChI=1S/C18H23NO/c1-12-4-3-5-13-6-7-14-15-8-9-16(20)19(15)11-10-18(14,2)17(12)13/h3-5,14-15H,6-11H2,1-2H3/t14-,15-,18-/m0/s1. The van der Waals surface area contributed by atoms with Crippen molar-refractivity contribution in [1.82, 2.24) is 4.90 Å². The topological polar surface area (TPSA) is 20.3 Å². The molecular formula is C18H23NO. The van der Waals surface area contributed by atoms with Crippen LogP contribution < -0.4 is 0 Å². The molecule has 1 aromatic rings. The molecule has 3 aliphatic rings. The highest BCUT2D eigenvalue weighted by atomic mass is 16.2. The Morgan fingerprint density at radius 1 is 1.25 bits per heavy atom. The van der Waals surface area contributed by atoms with E-state index >= 15 is 0 Å². The molecule has 2 aliphatic heterocycles. The van der Waals surface area contributed by atoms with Gasteiger partial charge in [-0.1, -0.05) is 25.1 Å². The lowest BCUT2D eigenvalue weighted by Gasteiger charge is -2.53. The summed E-state index contributed by atoms with van der Waals surface area (Å²) in [6.07, 6.45) is 5.44. The number of hydrogen-bond acceptors (Lipinski definition) is 1. The van der Waals surface area contributed by atoms with Crippen molar-refractivity contribution in [1.29, 1.82) is 0 Å². The molecule has 2 heterocycles. The lowest BCUT2D eigenvalue weighted by atomic mass is 9.57. The predicted molar refractivity (Wildman–Crippen MR) is 79.7 cm³/mol. The number of carbonyl (C=O) groups excluding carboxylic acids is 1. The van der Waals surface area contributed by atoms with Gasteiger partial charge in [-0.2, -0.15) is 0 Å². The molecule has 20 heavy (non-hydrogen) atoms. The van der Waals surface area contributed by atoms with Gasteiger partial charge in [0.25, 0.3) is 0 Å². The highest BCUT2D eigenvalue weighted by molar-refractivity contribution is 5.79. The highest BCUT2D eigenvalue weighted by Crippen LogP contribution is 2.52. The van der Waals surface area contributed by atoms with Crippen LogP contribution in [0.2, 0.25) is 0 Å². The number of hydrogen-bond donors (Lipinski definition) is 0. The van der Waals surface area contributed by atoms with Gasteiger partial charge in [0.2, 0.25) is 5.91 Å². The first kappa shape index (κ1) is 12.4. The van der Waals surface area contributed by atoms with E-state index in [0.29, 0.717) is 17.9 Å². The first-order valence-electron chi connectivity index (χ1n) is 8.00. The Hall–Kier alpha value is -1.31. The quantitative estimate of drug-likeness (QED) is 0.708. The number of amides is 1. The van der Waals surface area contributed by atoms with Gasteiger partial charge in [-0.15, -0.1) is 0 Å². The third-order valence-electron chi connectivity index (χ3n) is 6.18. The Bertz CT molecular complexity index is 579. The van der Waals surface area contributed by atoms with Crippen molar-refractivity contribution in [2.45, 2.75) is 57.4 Å². The van der Waals surface area contributed by atoms with Gasteiger partial charge in [0.05, 0.1) is 0 Å². The number of nitrogens with zero attached hydrogens (tertiary/aromatic N) is 1. The number of carbonyl (C=O) groups is 1. The third-order valence-corrected chi connectivity index (χ3v) is 6.18. The number of fused-ring (bicyclic) bond motifs is 5. The van der Waals surface area contributed by atoms with Crippen molar-refractivity contribution < 1.29 is 4.79 Å². The van der Waals surface area contributed by atoms with Crippen LogP contribution in [0.3, 0.4) is 0 Å². The fourth-order valence-corrected chi connectivity index (χ4v) is 5.31. The molecule has 1 aromatic carbocycles. The second-order valence-corrected chi connectivity index (χ2v) is 7.11. The zero-order chi connectivity index (χ0) is 13.9. The molecule has 3 atom stereocenters. The summed E-state index contributed by atoms with van der Waals surface area (Å²) in [4.78, 5) is 14.2. The summed E-state index contributed by atoms with van der Waals surface area (Å²) in [5, 5.41) is 0. The lowest BCUT2D eigenvalue weighted by molar-refractivity contribution is -0.132. The van der Waals surface area contributed by atoms with Gasteiger partial charge in [0.1, 0.15) is 0 Å². The number of benzene rings is 1. The maximum absolute atomic E-state index is 12.0. The summed E-state index contributed by atoms with van der Waals surface area (Å²) >= 11 is 0. The molecule has 0 bridgehead atoms. The van der Waals surface area contributed by atoms with Gasteiger partial charge in [0, 0.05) is 19.0 Å². The summed E-state index contributed by atoms with van der Waals surface area (Å²) in [5.41, 5.74) is 4.90. The van der Waals surface area contributed by atoms with Gasteiger partial charge >= 0.3 is 0 Å². The van der Waals surface area contributed by atoms with Crippen LogP contribution in [0.1, 0.15) is 49.3 Å². The number of piperidine rings is 1. The Balaban J connectivity index is 1.82. The van der Waals surface area contributed by atoms with Gasteiger partial charge in [0.15, 0.2) is 0 Å². The molecule has 0 saturated carbocycles. The minimum absolute atomic E-state index is 0.282. The summed E-state index contributed by atoms with van der Waals surface area (Å²) in [5.74, 6) is 1.06.